The predicted octanol–water partition coefficient (Wildman–Crippen LogP) is 5.34. The molecule has 5 rings (SSSR count). The second-order valence-electron chi connectivity index (χ2n) is 12.9. The molecular formula is C32H50N4O4. The monoisotopic (exact) mass is 554 g/mol. The van der Waals surface area contributed by atoms with Gasteiger partial charge < -0.3 is 5.32 Å². The lowest BCUT2D eigenvalue weighted by Crippen LogP contribution is -2.56. The van der Waals surface area contributed by atoms with Crippen molar-refractivity contribution in [3.05, 3.63) is 11.5 Å². The van der Waals surface area contributed by atoms with Crippen LogP contribution >= 0.6 is 0 Å². The number of imide groups is 2. The van der Waals surface area contributed by atoms with E-state index in [0.29, 0.717) is 18.2 Å². The van der Waals surface area contributed by atoms with Crippen LogP contribution in [-0.2, 0) is 19.2 Å². The summed E-state index contributed by atoms with van der Waals surface area (Å²) in [6.45, 7) is 0.667. The predicted molar refractivity (Wildman–Crippen MR) is 153 cm³/mol. The van der Waals surface area contributed by atoms with Crippen molar-refractivity contribution in [2.45, 2.75) is 128 Å². The molecule has 0 saturated heterocycles. The second-order valence-corrected chi connectivity index (χ2v) is 12.9. The highest BCUT2D eigenvalue weighted by Gasteiger charge is 2.43. The largest absolute Gasteiger partial charge is 0.357 e. The maximum absolute atomic E-state index is 14.2. The first kappa shape index (κ1) is 29.3. The third-order valence-corrected chi connectivity index (χ3v) is 10.1. The molecule has 0 aromatic rings. The summed E-state index contributed by atoms with van der Waals surface area (Å²) in [4.78, 5) is 59.7. The van der Waals surface area contributed by atoms with Crippen molar-refractivity contribution >= 4 is 23.6 Å². The summed E-state index contributed by atoms with van der Waals surface area (Å²) < 4.78 is 0. The van der Waals surface area contributed by atoms with E-state index in [-0.39, 0.29) is 53.8 Å². The standard InChI is InChI=1S/C32H50N4O4/c37-29(23-13-5-1-6-14-23)35(30(38)24-15-7-2-8-16-24)27-21-33-22-34-28(27)36(31(39)25-17-9-3-10-18-25)32(40)26-19-11-4-12-20-26/h23-26,33-34H,1-22H2. The minimum Gasteiger partial charge on any atom is -0.357 e. The van der Waals surface area contributed by atoms with E-state index >= 15 is 0 Å². The first-order valence-corrected chi connectivity index (χ1v) is 16.5. The third-order valence-electron chi connectivity index (χ3n) is 10.1. The molecule has 4 aliphatic carbocycles. The molecule has 0 spiro atoms. The highest BCUT2D eigenvalue weighted by molar-refractivity contribution is 6.02. The van der Waals surface area contributed by atoms with E-state index in [1.165, 1.54) is 9.80 Å². The van der Waals surface area contributed by atoms with Gasteiger partial charge in [0.05, 0.1) is 12.4 Å². The zero-order chi connectivity index (χ0) is 27.9. The molecule has 0 unspecified atom stereocenters. The van der Waals surface area contributed by atoms with Crippen LogP contribution in [0.25, 0.3) is 0 Å². The quantitative estimate of drug-likeness (QED) is 0.430. The zero-order valence-electron chi connectivity index (χ0n) is 24.4. The first-order valence-electron chi connectivity index (χ1n) is 16.5. The summed E-state index contributed by atoms with van der Waals surface area (Å²) in [7, 11) is 0. The number of amides is 4. The van der Waals surface area contributed by atoms with Gasteiger partial charge >= 0.3 is 0 Å². The SMILES string of the molecule is O=C(C1CCCCC1)N(C(=O)C1CCCCC1)C1=C(N(C(=O)C2CCCCC2)C(=O)C2CCCCC2)NCNC1. The van der Waals surface area contributed by atoms with Crippen LogP contribution in [0.5, 0.6) is 0 Å². The molecular weight excluding hydrogens is 504 g/mol. The first-order chi connectivity index (χ1) is 19.6. The van der Waals surface area contributed by atoms with Crippen LogP contribution in [0.4, 0.5) is 0 Å². The van der Waals surface area contributed by atoms with Crippen LogP contribution in [0.1, 0.15) is 128 Å². The molecule has 40 heavy (non-hydrogen) atoms. The Morgan fingerprint density at radius 2 is 0.800 bits per heavy atom. The fraction of sp³-hybridized carbons (Fsp3) is 0.812. The van der Waals surface area contributed by atoms with Crippen LogP contribution < -0.4 is 10.6 Å². The molecule has 2 N–H and O–H groups in total. The number of rotatable bonds is 6. The van der Waals surface area contributed by atoms with Crippen LogP contribution in [0, 0.1) is 23.7 Å². The Morgan fingerprint density at radius 3 is 1.15 bits per heavy atom. The number of hydrogen-bond donors (Lipinski definition) is 2. The number of hydrogen-bond acceptors (Lipinski definition) is 6. The number of nitrogens with zero attached hydrogens (tertiary/aromatic N) is 2. The Balaban J connectivity index is 1.56. The minimum absolute atomic E-state index is 0.136. The van der Waals surface area contributed by atoms with Gasteiger partial charge in [-0.15, -0.1) is 0 Å². The van der Waals surface area contributed by atoms with Crippen molar-refractivity contribution in [1.82, 2.24) is 20.4 Å². The fourth-order valence-corrected chi connectivity index (χ4v) is 7.74. The molecule has 0 radical (unpaired) electrons. The molecule has 8 heteroatoms. The Bertz CT molecular complexity index is 818. The van der Waals surface area contributed by atoms with E-state index in [9.17, 15) is 19.2 Å². The normalized spacial score (nSPS) is 24.3. The van der Waals surface area contributed by atoms with E-state index in [1.807, 2.05) is 0 Å². The van der Waals surface area contributed by atoms with Crippen molar-refractivity contribution in [1.29, 1.82) is 0 Å². The van der Waals surface area contributed by atoms with Crippen molar-refractivity contribution < 1.29 is 19.2 Å². The average molecular weight is 555 g/mol. The van der Waals surface area contributed by atoms with E-state index in [0.717, 1.165) is 128 Å². The Hall–Kier alpha value is -2.22. The van der Waals surface area contributed by atoms with Crippen molar-refractivity contribution in [3.8, 4) is 0 Å². The van der Waals surface area contributed by atoms with Gasteiger partial charge in [0.15, 0.2) is 0 Å². The lowest BCUT2D eigenvalue weighted by molar-refractivity contribution is -0.152. The van der Waals surface area contributed by atoms with Crippen molar-refractivity contribution in [3.63, 3.8) is 0 Å². The molecule has 222 valence electrons. The van der Waals surface area contributed by atoms with E-state index < -0.39 is 0 Å². The summed E-state index contributed by atoms with van der Waals surface area (Å²) in [5, 5.41) is 6.60. The summed E-state index contributed by atoms with van der Waals surface area (Å²) >= 11 is 0. The highest BCUT2D eigenvalue weighted by atomic mass is 16.2. The van der Waals surface area contributed by atoms with Crippen molar-refractivity contribution in [2.24, 2.45) is 23.7 Å². The minimum atomic E-state index is -0.191. The molecule has 0 atom stereocenters. The van der Waals surface area contributed by atoms with Crippen LogP contribution in [0.2, 0.25) is 0 Å². The van der Waals surface area contributed by atoms with E-state index in [1.54, 1.807) is 0 Å². The molecule has 0 aromatic carbocycles. The number of carbonyl (C=O) groups excluding carboxylic acids is 4. The van der Waals surface area contributed by atoms with Crippen LogP contribution in [0.3, 0.4) is 0 Å². The van der Waals surface area contributed by atoms with Crippen LogP contribution in [0.15, 0.2) is 11.5 Å². The fourth-order valence-electron chi connectivity index (χ4n) is 7.74. The zero-order valence-corrected chi connectivity index (χ0v) is 24.4. The van der Waals surface area contributed by atoms with Gasteiger partial charge in [-0.25, -0.2) is 9.80 Å². The molecule has 1 aliphatic heterocycles. The van der Waals surface area contributed by atoms with E-state index in [2.05, 4.69) is 10.6 Å². The molecule has 0 bridgehead atoms. The maximum atomic E-state index is 14.2. The van der Waals surface area contributed by atoms with Gasteiger partial charge in [0.1, 0.15) is 5.82 Å². The Kier molecular flexibility index (Phi) is 10.3. The third kappa shape index (κ3) is 6.63. The summed E-state index contributed by atoms with van der Waals surface area (Å²) in [6.07, 6.45) is 18.8. The second kappa shape index (κ2) is 14.1. The number of carbonyl (C=O) groups is 4. The summed E-state index contributed by atoms with van der Waals surface area (Å²) in [5.74, 6) is -0.932. The van der Waals surface area contributed by atoms with Gasteiger partial charge in [-0.05, 0) is 51.4 Å². The number of nitrogens with one attached hydrogen (secondary N) is 2. The topological polar surface area (TPSA) is 98.8 Å². The van der Waals surface area contributed by atoms with E-state index in [4.69, 9.17) is 0 Å². The molecule has 1 heterocycles. The van der Waals surface area contributed by atoms with Crippen molar-refractivity contribution in [2.75, 3.05) is 13.2 Å². The lowest BCUT2D eigenvalue weighted by atomic mass is 9.85. The molecule has 8 nitrogen and oxygen atoms in total. The summed E-state index contributed by atoms with van der Waals surface area (Å²) in [5.41, 5.74) is 0.478. The Morgan fingerprint density at radius 1 is 0.475 bits per heavy atom. The van der Waals surface area contributed by atoms with Gasteiger partial charge in [0.25, 0.3) is 0 Å². The molecule has 5 aliphatic rings. The molecule has 4 amide bonds. The van der Waals surface area contributed by atoms with Gasteiger partial charge in [-0.1, -0.05) is 77.0 Å². The maximum Gasteiger partial charge on any atom is 0.238 e. The van der Waals surface area contributed by atoms with Gasteiger partial charge in [0, 0.05) is 30.2 Å². The van der Waals surface area contributed by atoms with Gasteiger partial charge in [-0.2, -0.15) is 0 Å². The van der Waals surface area contributed by atoms with Gasteiger partial charge in [-0.3, -0.25) is 24.5 Å². The highest BCUT2D eigenvalue weighted by Crippen LogP contribution is 2.35. The van der Waals surface area contributed by atoms with Gasteiger partial charge in [0.2, 0.25) is 23.6 Å². The molecule has 4 saturated carbocycles. The average Bonchev–Trinajstić information content (AvgIpc) is 3.03. The molecule has 0 aromatic heterocycles. The smallest absolute Gasteiger partial charge is 0.238 e. The Labute approximate surface area is 240 Å². The molecule has 4 fully saturated rings. The summed E-state index contributed by atoms with van der Waals surface area (Å²) in [6, 6.07) is 0. The van der Waals surface area contributed by atoms with Crippen LogP contribution in [-0.4, -0.2) is 46.6 Å². The lowest BCUT2D eigenvalue weighted by Gasteiger charge is -2.40.